The zero-order valence-electron chi connectivity index (χ0n) is 10.2. The van der Waals surface area contributed by atoms with Crippen LogP contribution < -0.4 is 10.1 Å². The number of benzene rings is 1. The molecular weight excluding hydrogens is 238 g/mol. The van der Waals surface area contributed by atoms with Gasteiger partial charge < -0.3 is 10.1 Å². The molecule has 0 aromatic heterocycles. The second kappa shape index (κ2) is 7.17. The summed E-state index contributed by atoms with van der Waals surface area (Å²) in [6, 6.07) is 7.13. The summed E-state index contributed by atoms with van der Waals surface area (Å²) in [7, 11) is 1.55. The number of methoxy groups -OCH3 is 1. The number of carbonyl (C=O) groups excluding carboxylic acids is 1. The lowest BCUT2D eigenvalue weighted by Crippen LogP contribution is -2.29. The molecule has 0 heterocycles. The van der Waals surface area contributed by atoms with Gasteiger partial charge in [0.2, 0.25) is 0 Å². The van der Waals surface area contributed by atoms with Crippen LogP contribution in [-0.2, 0) is 0 Å². The highest BCUT2D eigenvalue weighted by Crippen LogP contribution is 2.16. The standard InChI is InChI=1S/C13H18ClNO2/c1-3-6-10(14)9-15-13(16)11-7-4-5-8-12(11)17-2/h4-5,7-8,10H,3,6,9H2,1-2H3,(H,15,16). The summed E-state index contributed by atoms with van der Waals surface area (Å²) in [6.07, 6.45) is 1.91. The number of hydrogen-bond donors (Lipinski definition) is 1. The third kappa shape index (κ3) is 4.27. The Balaban J connectivity index is 2.58. The number of para-hydroxylation sites is 1. The first kappa shape index (κ1) is 13.8. The van der Waals surface area contributed by atoms with Gasteiger partial charge in [-0.1, -0.05) is 25.5 Å². The lowest BCUT2D eigenvalue weighted by molar-refractivity contribution is 0.0950. The molecule has 3 nitrogen and oxygen atoms in total. The van der Waals surface area contributed by atoms with Crippen molar-refractivity contribution in [1.29, 1.82) is 0 Å². The number of hydrogen-bond acceptors (Lipinski definition) is 2. The molecule has 0 radical (unpaired) electrons. The third-order valence-electron chi connectivity index (χ3n) is 2.44. The van der Waals surface area contributed by atoms with E-state index in [2.05, 4.69) is 12.2 Å². The Hall–Kier alpha value is -1.22. The summed E-state index contributed by atoms with van der Waals surface area (Å²) in [4.78, 5) is 11.9. The van der Waals surface area contributed by atoms with E-state index in [0.717, 1.165) is 12.8 Å². The van der Waals surface area contributed by atoms with Crippen molar-refractivity contribution in [1.82, 2.24) is 5.32 Å². The summed E-state index contributed by atoms with van der Waals surface area (Å²) in [5.41, 5.74) is 0.537. The van der Waals surface area contributed by atoms with E-state index >= 15 is 0 Å². The van der Waals surface area contributed by atoms with Gasteiger partial charge in [-0.3, -0.25) is 4.79 Å². The maximum atomic E-state index is 11.9. The van der Waals surface area contributed by atoms with Crippen molar-refractivity contribution in [3.8, 4) is 5.75 Å². The van der Waals surface area contributed by atoms with Gasteiger partial charge in [0.1, 0.15) is 5.75 Å². The number of carbonyl (C=O) groups is 1. The van der Waals surface area contributed by atoms with Gasteiger partial charge in [0, 0.05) is 6.54 Å². The average Bonchev–Trinajstić information content (AvgIpc) is 2.36. The largest absolute Gasteiger partial charge is 0.496 e. The van der Waals surface area contributed by atoms with Crippen LogP contribution in [0.1, 0.15) is 30.1 Å². The Morgan fingerprint density at radius 2 is 2.18 bits per heavy atom. The lowest BCUT2D eigenvalue weighted by atomic mass is 10.2. The van der Waals surface area contributed by atoms with Crippen LogP contribution in [0.5, 0.6) is 5.75 Å². The molecule has 0 fully saturated rings. The third-order valence-corrected chi connectivity index (χ3v) is 2.81. The van der Waals surface area contributed by atoms with E-state index in [1.54, 1.807) is 19.2 Å². The Morgan fingerprint density at radius 1 is 1.47 bits per heavy atom. The molecule has 1 rings (SSSR count). The number of nitrogens with one attached hydrogen (secondary N) is 1. The van der Waals surface area contributed by atoms with E-state index in [1.807, 2.05) is 12.1 Å². The maximum absolute atomic E-state index is 11.9. The molecule has 1 unspecified atom stereocenters. The van der Waals surface area contributed by atoms with E-state index in [4.69, 9.17) is 16.3 Å². The molecular formula is C13H18ClNO2. The molecule has 0 aliphatic rings. The first-order valence-electron chi connectivity index (χ1n) is 5.74. The molecule has 1 aromatic rings. The Morgan fingerprint density at radius 3 is 2.82 bits per heavy atom. The molecule has 0 aliphatic carbocycles. The topological polar surface area (TPSA) is 38.3 Å². The molecule has 1 atom stereocenters. The van der Waals surface area contributed by atoms with Gasteiger partial charge >= 0.3 is 0 Å². The maximum Gasteiger partial charge on any atom is 0.255 e. The van der Waals surface area contributed by atoms with Gasteiger partial charge in [-0.25, -0.2) is 0 Å². The molecule has 1 N–H and O–H groups in total. The molecule has 0 saturated carbocycles. The fraction of sp³-hybridized carbons (Fsp3) is 0.462. The number of alkyl halides is 1. The molecule has 0 spiro atoms. The lowest BCUT2D eigenvalue weighted by Gasteiger charge is -2.11. The monoisotopic (exact) mass is 255 g/mol. The van der Waals surface area contributed by atoms with Gasteiger partial charge in [0.15, 0.2) is 0 Å². The second-order valence-electron chi connectivity index (χ2n) is 3.80. The predicted molar refractivity (Wildman–Crippen MR) is 69.9 cm³/mol. The van der Waals surface area contributed by atoms with Crippen LogP contribution in [-0.4, -0.2) is 24.9 Å². The number of amides is 1. The molecule has 0 saturated heterocycles. The van der Waals surface area contributed by atoms with Crippen LogP contribution in [0, 0.1) is 0 Å². The predicted octanol–water partition coefficient (Wildman–Crippen LogP) is 2.83. The van der Waals surface area contributed by atoms with E-state index in [0.29, 0.717) is 17.9 Å². The number of rotatable bonds is 6. The molecule has 17 heavy (non-hydrogen) atoms. The van der Waals surface area contributed by atoms with Gasteiger partial charge in [-0.15, -0.1) is 11.6 Å². The Labute approximate surface area is 107 Å². The molecule has 94 valence electrons. The molecule has 1 amide bonds. The second-order valence-corrected chi connectivity index (χ2v) is 4.41. The van der Waals surface area contributed by atoms with Crippen LogP contribution in [0.3, 0.4) is 0 Å². The minimum Gasteiger partial charge on any atom is -0.496 e. The number of halogens is 1. The van der Waals surface area contributed by atoms with Gasteiger partial charge in [0.05, 0.1) is 18.1 Å². The van der Waals surface area contributed by atoms with E-state index in [1.165, 1.54) is 0 Å². The van der Waals surface area contributed by atoms with Crippen molar-refractivity contribution in [3.05, 3.63) is 29.8 Å². The van der Waals surface area contributed by atoms with Crippen molar-refractivity contribution < 1.29 is 9.53 Å². The highest BCUT2D eigenvalue weighted by Gasteiger charge is 2.12. The fourth-order valence-electron chi connectivity index (χ4n) is 1.55. The summed E-state index contributed by atoms with van der Waals surface area (Å²) >= 11 is 6.04. The normalized spacial score (nSPS) is 11.9. The summed E-state index contributed by atoms with van der Waals surface area (Å²) in [5.74, 6) is 0.427. The van der Waals surface area contributed by atoms with Gasteiger partial charge in [-0.05, 0) is 18.6 Å². The van der Waals surface area contributed by atoms with Crippen molar-refractivity contribution in [2.45, 2.75) is 25.1 Å². The minimum absolute atomic E-state index is 0.0151. The summed E-state index contributed by atoms with van der Waals surface area (Å²) < 4.78 is 5.13. The van der Waals surface area contributed by atoms with E-state index < -0.39 is 0 Å². The van der Waals surface area contributed by atoms with Crippen molar-refractivity contribution in [2.24, 2.45) is 0 Å². The van der Waals surface area contributed by atoms with Crippen LogP contribution in [0.15, 0.2) is 24.3 Å². The first-order valence-corrected chi connectivity index (χ1v) is 6.18. The van der Waals surface area contributed by atoms with Crippen molar-refractivity contribution >= 4 is 17.5 Å². The SMILES string of the molecule is CCCC(Cl)CNC(=O)c1ccccc1OC. The minimum atomic E-state index is -0.149. The number of ether oxygens (including phenoxy) is 1. The zero-order chi connectivity index (χ0) is 12.7. The molecule has 0 aliphatic heterocycles. The highest BCUT2D eigenvalue weighted by molar-refractivity contribution is 6.20. The fourth-order valence-corrected chi connectivity index (χ4v) is 1.84. The van der Waals surface area contributed by atoms with E-state index in [9.17, 15) is 4.79 Å². The van der Waals surface area contributed by atoms with Crippen LogP contribution in [0.25, 0.3) is 0 Å². The van der Waals surface area contributed by atoms with Crippen molar-refractivity contribution in [3.63, 3.8) is 0 Å². The zero-order valence-corrected chi connectivity index (χ0v) is 11.0. The van der Waals surface area contributed by atoms with Crippen LogP contribution in [0.4, 0.5) is 0 Å². The molecule has 0 bridgehead atoms. The smallest absolute Gasteiger partial charge is 0.255 e. The van der Waals surface area contributed by atoms with E-state index in [-0.39, 0.29) is 11.3 Å². The summed E-state index contributed by atoms with van der Waals surface area (Å²) in [5, 5.41) is 2.79. The average molecular weight is 256 g/mol. The molecule has 1 aromatic carbocycles. The quantitative estimate of drug-likeness (QED) is 0.794. The van der Waals surface area contributed by atoms with Crippen LogP contribution >= 0.6 is 11.6 Å². The molecule has 4 heteroatoms. The van der Waals surface area contributed by atoms with Gasteiger partial charge in [-0.2, -0.15) is 0 Å². The Kier molecular flexibility index (Phi) is 5.84. The highest BCUT2D eigenvalue weighted by atomic mass is 35.5. The van der Waals surface area contributed by atoms with Crippen molar-refractivity contribution in [2.75, 3.05) is 13.7 Å². The first-order chi connectivity index (χ1) is 8.19. The van der Waals surface area contributed by atoms with Crippen LogP contribution in [0.2, 0.25) is 0 Å². The van der Waals surface area contributed by atoms with Gasteiger partial charge in [0.25, 0.3) is 5.91 Å². The Bertz CT molecular complexity index is 368. The summed E-state index contributed by atoms with van der Waals surface area (Å²) in [6.45, 7) is 2.55.